The van der Waals surface area contributed by atoms with Gasteiger partial charge in [0.1, 0.15) is 0 Å². The molecule has 0 aliphatic rings. The van der Waals surface area contributed by atoms with E-state index in [2.05, 4.69) is 41.4 Å². The highest BCUT2D eigenvalue weighted by atomic mass is 32.1. The second-order valence-corrected chi connectivity index (χ2v) is 5.32. The Morgan fingerprint density at radius 1 is 1.25 bits per heavy atom. The molecule has 0 spiro atoms. The molecule has 0 unspecified atom stereocenters. The highest BCUT2D eigenvalue weighted by Crippen LogP contribution is 2.12. The number of thiophene rings is 1. The summed E-state index contributed by atoms with van der Waals surface area (Å²) in [4.78, 5) is 14.1. The van der Waals surface area contributed by atoms with Gasteiger partial charge in [-0.05, 0) is 36.9 Å². The number of benzene rings is 1. The smallest absolute Gasteiger partial charge is 0.252 e. The van der Waals surface area contributed by atoms with Crippen LogP contribution in [0.1, 0.15) is 23.7 Å². The van der Waals surface area contributed by atoms with Crippen molar-refractivity contribution < 1.29 is 4.79 Å². The van der Waals surface area contributed by atoms with Gasteiger partial charge < -0.3 is 10.2 Å². The summed E-state index contributed by atoms with van der Waals surface area (Å²) in [6, 6.07) is 12.2. The number of amides is 1. The van der Waals surface area contributed by atoms with Crippen LogP contribution in [0.25, 0.3) is 0 Å². The highest BCUT2D eigenvalue weighted by Gasteiger charge is 2.06. The fraction of sp³-hybridized carbons (Fsp3) is 0.312. The van der Waals surface area contributed by atoms with Crippen molar-refractivity contribution in [2.45, 2.75) is 13.3 Å². The van der Waals surface area contributed by atoms with E-state index < -0.39 is 0 Å². The van der Waals surface area contributed by atoms with E-state index in [-0.39, 0.29) is 5.91 Å². The average Bonchev–Trinajstić information content (AvgIpc) is 3.02. The zero-order valence-electron chi connectivity index (χ0n) is 11.7. The van der Waals surface area contributed by atoms with Gasteiger partial charge in [0, 0.05) is 36.3 Å². The molecule has 0 aliphatic carbocycles. The first-order chi connectivity index (χ1) is 9.81. The number of carbonyl (C=O) groups excluding carboxylic acids is 1. The molecule has 1 amide bonds. The first-order valence-electron chi connectivity index (χ1n) is 6.91. The van der Waals surface area contributed by atoms with Gasteiger partial charge >= 0.3 is 0 Å². The maximum Gasteiger partial charge on any atom is 0.252 e. The zero-order chi connectivity index (χ0) is 14.2. The van der Waals surface area contributed by atoms with Gasteiger partial charge in [-0.2, -0.15) is 11.3 Å². The molecule has 0 aliphatic heterocycles. The predicted octanol–water partition coefficient (Wildman–Crippen LogP) is 3.39. The number of hydrogen-bond acceptors (Lipinski definition) is 3. The molecule has 106 valence electrons. The van der Waals surface area contributed by atoms with Crippen LogP contribution in [0.2, 0.25) is 0 Å². The fourth-order valence-corrected chi connectivity index (χ4v) is 2.71. The topological polar surface area (TPSA) is 32.3 Å². The van der Waals surface area contributed by atoms with E-state index in [1.807, 2.05) is 22.9 Å². The summed E-state index contributed by atoms with van der Waals surface area (Å²) < 4.78 is 0. The maximum atomic E-state index is 11.8. The Labute approximate surface area is 124 Å². The lowest BCUT2D eigenvalue weighted by Gasteiger charge is -2.23. The second kappa shape index (κ2) is 7.70. The summed E-state index contributed by atoms with van der Waals surface area (Å²) in [5.74, 6) is 0.0222. The maximum absolute atomic E-state index is 11.8. The molecule has 2 rings (SSSR count). The van der Waals surface area contributed by atoms with Crippen molar-refractivity contribution in [3.8, 4) is 0 Å². The average molecular weight is 288 g/mol. The van der Waals surface area contributed by atoms with E-state index in [1.165, 1.54) is 5.69 Å². The van der Waals surface area contributed by atoms with Crippen LogP contribution in [0, 0.1) is 0 Å². The van der Waals surface area contributed by atoms with E-state index in [9.17, 15) is 4.79 Å². The molecule has 0 saturated carbocycles. The molecular formula is C16H20N2OS. The highest BCUT2D eigenvalue weighted by molar-refractivity contribution is 7.08. The first-order valence-corrected chi connectivity index (χ1v) is 7.86. The molecule has 0 atom stereocenters. The molecule has 1 heterocycles. The van der Waals surface area contributed by atoms with Crippen LogP contribution in [0.4, 0.5) is 5.69 Å². The summed E-state index contributed by atoms with van der Waals surface area (Å²) in [5.41, 5.74) is 1.99. The van der Waals surface area contributed by atoms with Crippen molar-refractivity contribution in [2.75, 3.05) is 24.5 Å². The van der Waals surface area contributed by atoms with Crippen LogP contribution in [-0.4, -0.2) is 25.5 Å². The number of nitrogens with zero attached hydrogens (tertiary/aromatic N) is 1. The summed E-state index contributed by atoms with van der Waals surface area (Å²) in [7, 11) is 0. The molecule has 1 N–H and O–H groups in total. The Morgan fingerprint density at radius 2 is 2.05 bits per heavy atom. The Morgan fingerprint density at radius 3 is 2.70 bits per heavy atom. The van der Waals surface area contributed by atoms with Gasteiger partial charge in [0.2, 0.25) is 0 Å². The number of carbonyl (C=O) groups is 1. The van der Waals surface area contributed by atoms with Gasteiger partial charge in [0.25, 0.3) is 5.91 Å². The van der Waals surface area contributed by atoms with Crippen LogP contribution in [0.5, 0.6) is 0 Å². The van der Waals surface area contributed by atoms with Gasteiger partial charge in [-0.3, -0.25) is 4.79 Å². The Bertz CT molecular complexity index is 511. The normalized spacial score (nSPS) is 10.2. The zero-order valence-corrected chi connectivity index (χ0v) is 12.5. The SMILES string of the molecule is CCN(CCCNC(=O)c1ccsc1)c1ccccc1. The molecule has 3 nitrogen and oxygen atoms in total. The van der Waals surface area contributed by atoms with Crippen LogP contribution in [-0.2, 0) is 0 Å². The third-order valence-corrected chi connectivity index (χ3v) is 3.86. The Balaban J connectivity index is 1.73. The molecule has 4 heteroatoms. The van der Waals surface area contributed by atoms with Gasteiger partial charge in [-0.15, -0.1) is 0 Å². The molecule has 0 bridgehead atoms. The van der Waals surface area contributed by atoms with Gasteiger partial charge in [-0.25, -0.2) is 0 Å². The fourth-order valence-electron chi connectivity index (χ4n) is 2.08. The third-order valence-electron chi connectivity index (χ3n) is 3.18. The lowest BCUT2D eigenvalue weighted by Crippen LogP contribution is -2.29. The van der Waals surface area contributed by atoms with Crippen LogP contribution < -0.4 is 10.2 Å². The van der Waals surface area contributed by atoms with Gasteiger partial charge in [0.05, 0.1) is 0 Å². The largest absolute Gasteiger partial charge is 0.372 e. The van der Waals surface area contributed by atoms with Crippen LogP contribution in [0.15, 0.2) is 47.2 Å². The number of hydrogen-bond donors (Lipinski definition) is 1. The van der Waals surface area contributed by atoms with Gasteiger partial charge in [0.15, 0.2) is 0 Å². The minimum Gasteiger partial charge on any atom is -0.372 e. The minimum absolute atomic E-state index is 0.0222. The van der Waals surface area contributed by atoms with E-state index in [0.717, 1.165) is 25.1 Å². The first kappa shape index (κ1) is 14.6. The van der Waals surface area contributed by atoms with Crippen molar-refractivity contribution in [1.82, 2.24) is 5.32 Å². The van der Waals surface area contributed by atoms with E-state index >= 15 is 0 Å². The Hall–Kier alpha value is -1.81. The molecule has 0 saturated heterocycles. The molecule has 0 fully saturated rings. The predicted molar refractivity (Wildman–Crippen MR) is 85.6 cm³/mol. The molecule has 0 radical (unpaired) electrons. The quantitative estimate of drug-likeness (QED) is 0.792. The van der Waals surface area contributed by atoms with Crippen molar-refractivity contribution >= 4 is 22.9 Å². The number of rotatable bonds is 7. The third kappa shape index (κ3) is 4.10. The number of para-hydroxylation sites is 1. The summed E-state index contributed by atoms with van der Waals surface area (Å²) in [6.45, 7) is 4.78. The van der Waals surface area contributed by atoms with Crippen LogP contribution in [0.3, 0.4) is 0 Å². The van der Waals surface area contributed by atoms with E-state index in [1.54, 1.807) is 11.3 Å². The van der Waals surface area contributed by atoms with Crippen molar-refractivity contribution in [3.05, 3.63) is 52.7 Å². The summed E-state index contributed by atoms with van der Waals surface area (Å²) in [5, 5.41) is 6.75. The van der Waals surface area contributed by atoms with Crippen molar-refractivity contribution in [2.24, 2.45) is 0 Å². The Kier molecular flexibility index (Phi) is 5.62. The summed E-state index contributed by atoms with van der Waals surface area (Å²) >= 11 is 1.54. The van der Waals surface area contributed by atoms with Crippen molar-refractivity contribution in [1.29, 1.82) is 0 Å². The lowest BCUT2D eigenvalue weighted by atomic mass is 10.2. The molecule has 20 heavy (non-hydrogen) atoms. The van der Waals surface area contributed by atoms with E-state index in [0.29, 0.717) is 6.54 Å². The van der Waals surface area contributed by atoms with Crippen molar-refractivity contribution in [3.63, 3.8) is 0 Å². The van der Waals surface area contributed by atoms with Crippen LogP contribution >= 0.6 is 11.3 Å². The van der Waals surface area contributed by atoms with Gasteiger partial charge in [-0.1, -0.05) is 18.2 Å². The monoisotopic (exact) mass is 288 g/mol. The molecular weight excluding hydrogens is 268 g/mol. The number of anilines is 1. The number of nitrogens with one attached hydrogen (secondary N) is 1. The molecule has 1 aromatic heterocycles. The minimum atomic E-state index is 0.0222. The molecule has 2 aromatic rings. The lowest BCUT2D eigenvalue weighted by molar-refractivity contribution is 0.0954. The molecule has 1 aromatic carbocycles. The standard InChI is InChI=1S/C16H20N2OS/c1-2-18(15-7-4-3-5-8-15)11-6-10-17-16(19)14-9-12-20-13-14/h3-5,7-9,12-13H,2,6,10-11H2,1H3,(H,17,19). The van der Waals surface area contributed by atoms with E-state index in [4.69, 9.17) is 0 Å². The second-order valence-electron chi connectivity index (χ2n) is 4.54. The summed E-state index contributed by atoms with van der Waals surface area (Å²) in [6.07, 6.45) is 0.943.